The zero-order valence-electron chi connectivity index (χ0n) is 17.1. The summed E-state index contributed by atoms with van der Waals surface area (Å²) in [4.78, 5) is 26.4. The maximum absolute atomic E-state index is 13.1. The molecule has 0 radical (unpaired) electrons. The van der Waals surface area contributed by atoms with E-state index < -0.39 is 12.1 Å². The Hall–Kier alpha value is -2.78. The summed E-state index contributed by atoms with van der Waals surface area (Å²) in [6.45, 7) is 5.38. The first-order chi connectivity index (χ1) is 14.4. The Kier molecular flexibility index (Phi) is 5.83. The molecule has 2 fully saturated rings. The van der Waals surface area contributed by atoms with E-state index in [-0.39, 0.29) is 29.6 Å². The minimum Gasteiger partial charge on any atom is -0.478 e. The minimum atomic E-state index is -1.03. The fraction of sp³-hybridized carbons (Fsp3) is 0.524. The van der Waals surface area contributed by atoms with Crippen molar-refractivity contribution >= 4 is 11.9 Å². The summed E-state index contributed by atoms with van der Waals surface area (Å²) < 4.78 is 13.0. The number of hydrogen-bond donors (Lipinski definition) is 1. The number of carboxylic acid groups (broad SMARTS) is 1. The number of carbonyl (C=O) groups is 2. The van der Waals surface area contributed by atoms with Crippen molar-refractivity contribution < 1.29 is 24.2 Å². The number of rotatable bonds is 4. The summed E-state index contributed by atoms with van der Waals surface area (Å²) in [7, 11) is 0. The second-order valence-electron chi connectivity index (χ2n) is 7.98. The molecule has 0 bridgehead atoms. The standard InChI is InChI=1S/C21H26N4O5/c1-13-9-15(10-14(2)30-13)20(26)24-7-8-29-19(12-24)17-11-25(23-22-17)18-6-4-3-5-16(18)21(27)28/h3-6,11,13-15,19H,7-10,12H2,1-2H3,(H,27,28)/t13-,14+,15?,19?. The molecule has 9 heteroatoms. The average Bonchev–Trinajstić information content (AvgIpc) is 3.23. The Morgan fingerprint density at radius 3 is 2.63 bits per heavy atom. The number of carbonyl (C=O) groups excluding carboxylic acids is 1. The van der Waals surface area contributed by atoms with Crippen LogP contribution in [-0.4, -0.2) is 68.8 Å². The van der Waals surface area contributed by atoms with Crippen LogP contribution < -0.4 is 0 Å². The van der Waals surface area contributed by atoms with E-state index in [9.17, 15) is 14.7 Å². The Labute approximate surface area is 174 Å². The van der Waals surface area contributed by atoms with E-state index in [1.165, 1.54) is 10.7 Å². The molecule has 0 aliphatic carbocycles. The number of hydrogen-bond acceptors (Lipinski definition) is 6. The van der Waals surface area contributed by atoms with Gasteiger partial charge in [-0.05, 0) is 38.8 Å². The van der Waals surface area contributed by atoms with Crippen molar-refractivity contribution in [2.75, 3.05) is 19.7 Å². The first-order valence-corrected chi connectivity index (χ1v) is 10.2. The monoisotopic (exact) mass is 414 g/mol. The van der Waals surface area contributed by atoms with E-state index in [0.29, 0.717) is 31.1 Å². The lowest BCUT2D eigenvalue weighted by Gasteiger charge is -2.37. The van der Waals surface area contributed by atoms with Gasteiger partial charge in [0.2, 0.25) is 5.91 Å². The molecule has 1 aromatic carbocycles. The number of ether oxygens (including phenoxy) is 2. The van der Waals surface area contributed by atoms with Gasteiger partial charge in [-0.2, -0.15) is 0 Å². The van der Waals surface area contributed by atoms with Gasteiger partial charge in [0.15, 0.2) is 0 Å². The van der Waals surface area contributed by atoms with Crippen LogP contribution in [-0.2, 0) is 14.3 Å². The van der Waals surface area contributed by atoms with Gasteiger partial charge >= 0.3 is 5.97 Å². The summed E-state index contributed by atoms with van der Waals surface area (Å²) in [6, 6.07) is 6.60. The van der Waals surface area contributed by atoms with Gasteiger partial charge in [-0.25, -0.2) is 9.48 Å². The van der Waals surface area contributed by atoms with E-state index in [4.69, 9.17) is 9.47 Å². The van der Waals surface area contributed by atoms with Crippen molar-refractivity contribution in [3.8, 4) is 5.69 Å². The molecule has 0 spiro atoms. The van der Waals surface area contributed by atoms with Crippen molar-refractivity contribution in [3.63, 3.8) is 0 Å². The molecule has 160 valence electrons. The molecule has 4 atom stereocenters. The van der Waals surface area contributed by atoms with Crippen molar-refractivity contribution in [1.29, 1.82) is 0 Å². The second-order valence-corrected chi connectivity index (χ2v) is 7.98. The maximum Gasteiger partial charge on any atom is 0.337 e. The van der Waals surface area contributed by atoms with Crippen LogP contribution in [0.25, 0.3) is 5.69 Å². The van der Waals surface area contributed by atoms with Gasteiger partial charge in [0.25, 0.3) is 0 Å². The quantitative estimate of drug-likeness (QED) is 0.816. The minimum absolute atomic E-state index is 0.0411. The smallest absolute Gasteiger partial charge is 0.337 e. The number of aromatic nitrogens is 3. The predicted molar refractivity (Wildman–Crippen MR) is 106 cm³/mol. The first-order valence-electron chi connectivity index (χ1n) is 10.2. The number of nitrogens with zero attached hydrogens (tertiary/aromatic N) is 4. The Morgan fingerprint density at radius 2 is 1.90 bits per heavy atom. The summed E-state index contributed by atoms with van der Waals surface area (Å²) >= 11 is 0. The number of carboxylic acids is 1. The second kappa shape index (κ2) is 8.53. The summed E-state index contributed by atoms with van der Waals surface area (Å²) in [5, 5.41) is 17.7. The largest absolute Gasteiger partial charge is 0.478 e. The van der Waals surface area contributed by atoms with Gasteiger partial charge in [0.1, 0.15) is 11.8 Å². The van der Waals surface area contributed by atoms with Crippen molar-refractivity contribution in [1.82, 2.24) is 19.9 Å². The summed E-state index contributed by atoms with van der Waals surface area (Å²) in [6.07, 6.45) is 2.88. The third-order valence-corrected chi connectivity index (χ3v) is 5.65. The van der Waals surface area contributed by atoms with Crippen molar-refractivity contribution in [3.05, 3.63) is 41.7 Å². The number of aromatic carboxylic acids is 1. The molecular formula is C21H26N4O5. The van der Waals surface area contributed by atoms with Crippen LogP contribution in [0.2, 0.25) is 0 Å². The number of para-hydroxylation sites is 1. The fourth-order valence-corrected chi connectivity index (χ4v) is 4.29. The van der Waals surface area contributed by atoms with Crippen LogP contribution in [0.1, 0.15) is 48.8 Å². The molecular weight excluding hydrogens is 388 g/mol. The van der Waals surface area contributed by atoms with Gasteiger partial charge in [-0.3, -0.25) is 4.79 Å². The first kappa shape index (κ1) is 20.5. The normalized spacial score (nSPS) is 27.1. The molecule has 30 heavy (non-hydrogen) atoms. The van der Waals surface area contributed by atoms with Gasteiger partial charge in [0.05, 0.1) is 42.8 Å². The lowest BCUT2D eigenvalue weighted by molar-refractivity contribution is -0.151. The molecule has 0 saturated carbocycles. The topological polar surface area (TPSA) is 107 Å². The van der Waals surface area contributed by atoms with E-state index in [0.717, 1.165) is 12.8 Å². The van der Waals surface area contributed by atoms with E-state index in [2.05, 4.69) is 10.3 Å². The maximum atomic E-state index is 13.1. The third kappa shape index (κ3) is 4.22. The SMILES string of the molecule is C[C@@H]1CC(C(=O)N2CCOC(c3cn(-c4ccccc4C(=O)O)nn3)C2)C[C@H](C)O1. The van der Waals surface area contributed by atoms with Crippen LogP contribution >= 0.6 is 0 Å². The Balaban J connectivity index is 1.48. The predicted octanol–water partition coefficient (Wildman–Crippen LogP) is 2.07. The average molecular weight is 414 g/mol. The molecule has 1 amide bonds. The van der Waals surface area contributed by atoms with Gasteiger partial charge in [-0.15, -0.1) is 5.10 Å². The zero-order valence-corrected chi connectivity index (χ0v) is 17.1. The molecule has 2 unspecified atom stereocenters. The molecule has 4 rings (SSSR count). The molecule has 3 heterocycles. The highest BCUT2D eigenvalue weighted by atomic mass is 16.5. The van der Waals surface area contributed by atoms with E-state index in [1.807, 2.05) is 18.7 Å². The molecule has 1 N–H and O–H groups in total. The van der Waals surface area contributed by atoms with E-state index in [1.54, 1.807) is 24.4 Å². The molecule has 9 nitrogen and oxygen atoms in total. The highest BCUT2D eigenvalue weighted by molar-refractivity contribution is 5.91. The van der Waals surface area contributed by atoms with E-state index >= 15 is 0 Å². The number of morpholine rings is 1. The molecule has 2 aromatic rings. The van der Waals surface area contributed by atoms with Crippen molar-refractivity contribution in [2.45, 2.75) is 45.0 Å². The van der Waals surface area contributed by atoms with Crippen LogP contribution in [0.3, 0.4) is 0 Å². The zero-order chi connectivity index (χ0) is 21.3. The van der Waals surface area contributed by atoms with Gasteiger partial charge in [0, 0.05) is 12.5 Å². The number of amides is 1. The van der Waals surface area contributed by atoms with Gasteiger partial charge < -0.3 is 19.5 Å². The molecule has 1 aromatic heterocycles. The van der Waals surface area contributed by atoms with Crippen LogP contribution in [0.5, 0.6) is 0 Å². The lowest BCUT2D eigenvalue weighted by atomic mass is 9.91. The highest BCUT2D eigenvalue weighted by Crippen LogP contribution is 2.29. The molecule has 2 aliphatic heterocycles. The van der Waals surface area contributed by atoms with Crippen molar-refractivity contribution in [2.24, 2.45) is 5.92 Å². The van der Waals surface area contributed by atoms with Crippen LogP contribution in [0.4, 0.5) is 0 Å². The Morgan fingerprint density at radius 1 is 1.17 bits per heavy atom. The summed E-state index contributed by atoms with van der Waals surface area (Å²) in [5.41, 5.74) is 1.14. The molecule has 2 saturated heterocycles. The Bertz CT molecular complexity index is 920. The fourth-order valence-electron chi connectivity index (χ4n) is 4.29. The third-order valence-electron chi connectivity index (χ3n) is 5.65. The number of benzene rings is 1. The highest BCUT2D eigenvalue weighted by Gasteiger charge is 2.35. The van der Waals surface area contributed by atoms with Gasteiger partial charge in [-0.1, -0.05) is 17.3 Å². The summed E-state index contributed by atoms with van der Waals surface area (Å²) in [5.74, 6) is -0.942. The van der Waals surface area contributed by atoms with Crippen LogP contribution in [0, 0.1) is 5.92 Å². The molecule has 2 aliphatic rings. The van der Waals surface area contributed by atoms with Crippen LogP contribution in [0.15, 0.2) is 30.5 Å². The lowest BCUT2D eigenvalue weighted by Crippen LogP contribution is -2.47.